The van der Waals surface area contributed by atoms with Crippen molar-refractivity contribution in [1.29, 1.82) is 0 Å². The maximum absolute atomic E-state index is 13.3. The molecule has 5 nitrogen and oxygen atoms in total. The molecule has 1 aliphatic heterocycles. The molecule has 0 saturated carbocycles. The van der Waals surface area contributed by atoms with Crippen LogP contribution in [0.2, 0.25) is 0 Å². The first-order valence-corrected chi connectivity index (χ1v) is 6.89. The fourth-order valence-corrected chi connectivity index (χ4v) is 2.90. The van der Waals surface area contributed by atoms with E-state index in [1.807, 2.05) is 5.32 Å². The van der Waals surface area contributed by atoms with Crippen LogP contribution in [0.5, 0.6) is 0 Å². The van der Waals surface area contributed by atoms with Crippen molar-refractivity contribution >= 4 is 15.9 Å². The third-order valence-corrected chi connectivity index (χ3v) is 4.07. The largest absolute Gasteiger partial charge is 0.559 e. The highest BCUT2D eigenvalue weighted by Crippen LogP contribution is 2.30. The maximum atomic E-state index is 13.3. The van der Waals surface area contributed by atoms with Gasteiger partial charge in [-0.1, -0.05) is 11.8 Å². The first-order chi connectivity index (χ1) is 8.50. The van der Waals surface area contributed by atoms with Crippen LogP contribution >= 0.6 is 0 Å². The summed E-state index contributed by atoms with van der Waals surface area (Å²) < 4.78 is 54.8. The first kappa shape index (κ1) is 13.2. The van der Waals surface area contributed by atoms with Crippen LogP contribution in [0, 0.1) is 11.6 Å². The van der Waals surface area contributed by atoms with E-state index in [4.69, 9.17) is 0 Å². The number of hydrogen-bond donors (Lipinski definition) is 1. The topological polar surface area (TPSA) is 68.1 Å². The predicted octanol–water partition coefficient (Wildman–Crippen LogP) is 0.0938. The summed E-state index contributed by atoms with van der Waals surface area (Å²) in [5, 5.41) is 1.97. The Kier molecular flexibility index (Phi) is 3.79. The van der Waals surface area contributed by atoms with Gasteiger partial charge in [-0.3, -0.25) is 0 Å². The molecule has 2 N–H and O–H groups in total. The Morgan fingerprint density at radius 1 is 1.17 bits per heavy atom. The van der Waals surface area contributed by atoms with E-state index in [9.17, 15) is 17.2 Å². The molecule has 0 atom stereocenters. The molecule has 2 rings (SSSR count). The molecular weight excluding hydrogens is 264 g/mol. The molecule has 1 saturated heterocycles. The monoisotopic (exact) mass is 277 g/mol. The summed E-state index contributed by atoms with van der Waals surface area (Å²) in [5.74, 6) is -1.97. The number of piperazine rings is 1. The van der Waals surface area contributed by atoms with Gasteiger partial charge < -0.3 is 10.0 Å². The van der Waals surface area contributed by atoms with Crippen LogP contribution in [0.4, 0.5) is 14.5 Å². The highest BCUT2D eigenvalue weighted by atomic mass is 32.2. The average Bonchev–Trinajstić information content (AvgIpc) is 2.35. The van der Waals surface area contributed by atoms with Gasteiger partial charge >= 0.3 is 0 Å². The lowest BCUT2D eigenvalue weighted by molar-refractivity contribution is -0.661. The molecule has 1 fully saturated rings. The minimum absolute atomic E-state index is 0.294. The molecule has 0 aromatic heterocycles. The molecule has 1 heterocycles. The van der Waals surface area contributed by atoms with Gasteiger partial charge in [-0.25, -0.2) is 21.5 Å². The number of nitrogens with zero attached hydrogens (tertiary/aromatic N) is 2. The van der Waals surface area contributed by atoms with Gasteiger partial charge in [-0.2, -0.15) is 0 Å². The third-order valence-electron chi connectivity index (χ3n) is 2.64. The van der Waals surface area contributed by atoms with Gasteiger partial charge in [-0.15, -0.1) is 0 Å². The Bertz CT molecular complexity index is 510. The summed E-state index contributed by atoms with van der Waals surface area (Å²) in [6.07, 6.45) is 0. The number of benzene rings is 1. The number of quaternary nitrogens is 1. The zero-order valence-electron chi connectivity index (χ0n) is 9.51. The average molecular weight is 277 g/mol. The molecular formula is C10H13F2N3O2S. The highest BCUT2D eigenvalue weighted by molar-refractivity contribution is 7.92. The van der Waals surface area contributed by atoms with Gasteiger partial charge in [0.05, 0.1) is 26.2 Å². The van der Waals surface area contributed by atoms with Crippen molar-refractivity contribution < 1.29 is 22.5 Å². The maximum Gasteiger partial charge on any atom is 0.160 e. The van der Waals surface area contributed by atoms with Crippen molar-refractivity contribution in [2.45, 2.75) is 0 Å². The third kappa shape index (κ3) is 2.77. The molecule has 8 heteroatoms. The van der Waals surface area contributed by atoms with E-state index in [1.165, 1.54) is 0 Å². The van der Waals surface area contributed by atoms with Crippen molar-refractivity contribution in [1.82, 2.24) is 4.31 Å². The summed E-state index contributed by atoms with van der Waals surface area (Å²) in [6.45, 7) is 1.83. The lowest BCUT2D eigenvalue weighted by Gasteiger charge is -2.33. The van der Waals surface area contributed by atoms with E-state index in [2.05, 4.69) is 4.72 Å². The summed E-state index contributed by atoms with van der Waals surface area (Å²) in [7, 11) is -4.02. The normalized spacial score (nSPS) is 17.7. The van der Waals surface area contributed by atoms with E-state index in [0.717, 1.165) is 22.5 Å². The Labute approximate surface area is 104 Å². The highest BCUT2D eigenvalue weighted by Gasteiger charge is 2.20. The van der Waals surface area contributed by atoms with Crippen LogP contribution in [0.15, 0.2) is 18.2 Å². The summed E-state index contributed by atoms with van der Waals surface area (Å²) in [5.41, 5.74) is -0.757. The Morgan fingerprint density at radius 2 is 1.72 bits per heavy atom. The zero-order chi connectivity index (χ0) is 13.2. The number of nitrogens with two attached hydrogens (primary N) is 1. The molecule has 0 amide bonds. The number of hydrogen-bond acceptors (Lipinski definition) is 2. The van der Waals surface area contributed by atoms with E-state index in [0.29, 0.717) is 26.2 Å². The Morgan fingerprint density at radius 3 is 2.28 bits per heavy atom. The van der Waals surface area contributed by atoms with E-state index in [1.54, 1.807) is 0 Å². The molecule has 100 valence electrons. The van der Waals surface area contributed by atoms with Gasteiger partial charge in [0.1, 0.15) is 11.6 Å². The van der Waals surface area contributed by atoms with Crippen molar-refractivity contribution in [2.24, 2.45) is 0 Å². The summed E-state index contributed by atoms with van der Waals surface area (Å²) in [4.78, 5) is 0. The van der Waals surface area contributed by atoms with Gasteiger partial charge in [0.25, 0.3) is 0 Å². The standard InChI is InChI=1S/C10H12F2N3O2S/c11-8-2-1-3-9(12)10(8)14-18(16,17)15-6-4-13-5-7-15/h1-3,13H,4-7H2/q-1/p+1. The summed E-state index contributed by atoms with van der Waals surface area (Å²) in [6, 6.07) is 3.11. The molecule has 1 aromatic carbocycles. The Hall–Kier alpha value is -1.25. The van der Waals surface area contributed by atoms with E-state index >= 15 is 0 Å². The van der Waals surface area contributed by atoms with Crippen LogP contribution in [-0.2, 0) is 10.2 Å². The van der Waals surface area contributed by atoms with Crippen LogP contribution in [0.1, 0.15) is 0 Å². The van der Waals surface area contributed by atoms with Crippen LogP contribution in [-0.4, -0.2) is 38.9 Å². The van der Waals surface area contributed by atoms with Gasteiger partial charge in [0, 0.05) is 0 Å². The molecule has 0 spiro atoms. The minimum Gasteiger partial charge on any atom is -0.559 e. The van der Waals surface area contributed by atoms with E-state index in [-0.39, 0.29) is 0 Å². The quantitative estimate of drug-likeness (QED) is 0.851. The predicted molar refractivity (Wildman–Crippen MR) is 61.5 cm³/mol. The van der Waals surface area contributed by atoms with Crippen molar-refractivity contribution in [3.05, 3.63) is 34.6 Å². The van der Waals surface area contributed by atoms with Crippen molar-refractivity contribution in [3.8, 4) is 0 Å². The second-order valence-corrected chi connectivity index (χ2v) is 5.50. The molecule has 0 unspecified atom stereocenters. The SMILES string of the molecule is O=S(=O)([N-]c1c(F)cccc1F)N1CC[NH2+]CC1. The van der Waals surface area contributed by atoms with Crippen molar-refractivity contribution in [3.63, 3.8) is 0 Å². The minimum atomic E-state index is -4.02. The molecule has 0 aliphatic carbocycles. The lowest BCUT2D eigenvalue weighted by atomic mass is 10.3. The van der Waals surface area contributed by atoms with Gasteiger partial charge in [0.15, 0.2) is 10.2 Å². The number of rotatable bonds is 3. The van der Waals surface area contributed by atoms with Crippen LogP contribution in [0.25, 0.3) is 4.72 Å². The second-order valence-electron chi connectivity index (χ2n) is 3.90. The molecule has 1 aromatic rings. The zero-order valence-corrected chi connectivity index (χ0v) is 10.3. The van der Waals surface area contributed by atoms with Crippen molar-refractivity contribution in [2.75, 3.05) is 26.2 Å². The number of halogens is 2. The molecule has 0 bridgehead atoms. The van der Waals surface area contributed by atoms with Crippen LogP contribution < -0.4 is 5.32 Å². The molecule has 0 radical (unpaired) electrons. The lowest BCUT2D eigenvalue weighted by Crippen LogP contribution is -2.89. The first-order valence-electron chi connectivity index (χ1n) is 5.49. The fourth-order valence-electron chi connectivity index (χ4n) is 1.71. The Balaban J connectivity index is 2.22. The molecule has 18 heavy (non-hydrogen) atoms. The smallest absolute Gasteiger partial charge is 0.160 e. The second kappa shape index (κ2) is 5.17. The molecule has 1 aliphatic rings. The van der Waals surface area contributed by atoms with Crippen LogP contribution in [0.3, 0.4) is 0 Å². The van der Waals surface area contributed by atoms with Gasteiger partial charge in [-0.05, 0) is 12.1 Å². The summed E-state index contributed by atoms with van der Waals surface area (Å²) >= 11 is 0. The van der Waals surface area contributed by atoms with Gasteiger partial charge in [0.2, 0.25) is 0 Å². The van der Waals surface area contributed by atoms with E-state index < -0.39 is 27.5 Å². The fraction of sp³-hybridized carbons (Fsp3) is 0.400.